The van der Waals surface area contributed by atoms with Crippen LogP contribution in [0.15, 0.2) is 81.6 Å². The Morgan fingerprint density at radius 2 is 1.79 bits per heavy atom. The number of benzene rings is 3. The van der Waals surface area contributed by atoms with Crippen LogP contribution >= 0.6 is 11.8 Å². The van der Waals surface area contributed by atoms with Gasteiger partial charge in [0, 0.05) is 11.0 Å². The van der Waals surface area contributed by atoms with Crippen LogP contribution in [0.5, 0.6) is 0 Å². The molecule has 33 heavy (non-hydrogen) atoms. The maximum absolute atomic E-state index is 12.7. The maximum atomic E-state index is 12.7. The van der Waals surface area contributed by atoms with Gasteiger partial charge in [0.1, 0.15) is 5.69 Å². The molecule has 12 heteroatoms. The van der Waals surface area contributed by atoms with Gasteiger partial charge < -0.3 is 5.11 Å². The van der Waals surface area contributed by atoms with Crippen molar-refractivity contribution in [2.45, 2.75) is 9.79 Å². The minimum absolute atomic E-state index is 0.0122. The third-order valence-electron chi connectivity index (χ3n) is 4.39. The van der Waals surface area contributed by atoms with Crippen LogP contribution in [0.1, 0.15) is 15.9 Å². The second-order valence-electron chi connectivity index (χ2n) is 6.54. The van der Waals surface area contributed by atoms with Crippen LogP contribution in [0.4, 0.5) is 17.1 Å². The molecule has 0 saturated heterocycles. The molecule has 170 valence electrons. The number of para-hydroxylation sites is 1. The van der Waals surface area contributed by atoms with E-state index in [4.69, 9.17) is 0 Å². The fourth-order valence-electron chi connectivity index (χ4n) is 2.75. The number of hydrogen-bond donors (Lipinski definition) is 3. The lowest BCUT2D eigenvalue weighted by Gasteiger charge is -2.11. The summed E-state index contributed by atoms with van der Waals surface area (Å²) in [5.41, 5.74) is 2.38. The molecule has 0 amide bonds. The van der Waals surface area contributed by atoms with Gasteiger partial charge in [-0.05, 0) is 48.2 Å². The van der Waals surface area contributed by atoms with Gasteiger partial charge in [-0.1, -0.05) is 24.3 Å². The van der Waals surface area contributed by atoms with Crippen molar-refractivity contribution >= 4 is 51.0 Å². The number of carbonyl (C=O) groups is 1. The Labute approximate surface area is 193 Å². The summed E-state index contributed by atoms with van der Waals surface area (Å²) in [5, 5.41) is 24.7. The number of aromatic carboxylic acids is 1. The van der Waals surface area contributed by atoms with Crippen molar-refractivity contribution in [2.75, 3.05) is 16.4 Å². The molecule has 0 radical (unpaired) electrons. The van der Waals surface area contributed by atoms with Crippen molar-refractivity contribution in [1.82, 2.24) is 0 Å². The molecule has 0 saturated carbocycles. The number of thioether (sulfide) groups is 1. The Bertz CT molecular complexity index is 1320. The quantitative estimate of drug-likeness (QED) is 0.176. The summed E-state index contributed by atoms with van der Waals surface area (Å²) < 4.78 is 27.6. The highest BCUT2D eigenvalue weighted by Gasteiger charge is 2.23. The topological polar surface area (TPSA) is 151 Å². The number of nitro benzene ring substituents is 1. The molecule has 3 aromatic rings. The van der Waals surface area contributed by atoms with E-state index in [1.807, 2.05) is 30.5 Å². The highest BCUT2D eigenvalue weighted by molar-refractivity contribution is 7.98. The highest BCUT2D eigenvalue weighted by atomic mass is 32.2. The van der Waals surface area contributed by atoms with Crippen molar-refractivity contribution < 1.29 is 23.2 Å². The molecule has 3 aromatic carbocycles. The number of hydrogen-bond acceptors (Lipinski definition) is 8. The van der Waals surface area contributed by atoms with E-state index in [0.717, 1.165) is 22.6 Å². The van der Waals surface area contributed by atoms with Crippen molar-refractivity contribution in [2.24, 2.45) is 5.10 Å². The molecule has 3 rings (SSSR count). The first-order chi connectivity index (χ1) is 15.7. The number of hydrazone groups is 1. The summed E-state index contributed by atoms with van der Waals surface area (Å²) in [6.45, 7) is 0. The average molecular weight is 487 g/mol. The summed E-state index contributed by atoms with van der Waals surface area (Å²) in [5.74, 6) is -1.32. The Morgan fingerprint density at radius 3 is 2.42 bits per heavy atom. The molecule has 0 aliphatic carbocycles. The van der Waals surface area contributed by atoms with Crippen molar-refractivity contribution in [3.8, 4) is 0 Å². The van der Waals surface area contributed by atoms with E-state index < -0.39 is 31.5 Å². The fraction of sp³-hybridized carbons (Fsp3) is 0.0476. The Hall–Kier alpha value is -3.90. The van der Waals surface area contributed by atoms with Gasteiger partial charge in [-0.2, -0.15) is 5.10 Å². The summed E-state index contributed by atoms with van der Waals surface area (Å²) >= 11 is 1.59. The second-order valence-corrected chi connectivity index (χ2v) is 9.10. The third kappa shape index (κ3) is 5.87. The molecule has 0 spiro atoms. The molecule has 0 unspecified atom stereocenters. The predicted octanol–water partition coefficient (Wildman–Crippen LogP) is 4.26. The molecule has 0 aliphatic heterocycles. The number of anilines is 2. The van der Waals surface area contributed by atoms with E-state index >= 15 is 0 Å². The molecule has 0 bridgehead atoms. The van der Waals surface area contributed by atoms with Crippen LogP contribution < -0.4 is 10.1 Å². The highest BCUT2D eigenvalue weighted by Crippen LogP contribution is 2.29. The second kappa shape index (κ2) is 10.1. The summed E-state index contributed by atoms with van der Waals surface area (Å²) in [6, 6.07) is 16.2. The Balaban J connectivity index is 1.85. The number of nitro groups is 1. The maximum Gasteiger partial charge on any atom is 0.337 e. The Morgan fingerprint density at radius 1 is 1.09 bits per heavy atom. The number of sulfonamides is 1. The molecule has 0 aromatic heterocycles. The van der Waals surface area contributed by atoms with Crippen LogP contribution in [0.25, 0.3) is 0 Å². The van der Waals surface area contributed by atoms with Crippen LogP contribution in [0, 0.1) is 10.1 Å². The van der Waals surface area contributed by atoms with Gasteiger partial charge in [0.05, 0.1) is 27.3 Å². The van der Waals surface area contributed by atoms with Gasteiger partial charge in [-0.15, -0.1) is 11.8 Å². The molecular weight excluding hydrogens is 468 g/mol. The lowest BCUT2D eigenvalue weighted by atomic mass is 10.2. The molecular formula is C21H18N4O6S2. The van der Waals surface area contributed by atoms with E-state index in [9.17, 15) is 28.4 Å². The number of nitrogens with zero attached hydrogens (tertiary/aromatic N) is 2. The molecule has 3 N–H and O–H groups in total. The van der Waals surface area contributed by atoms with E-state index in [-0.39, 0.29) is 16.9 Å². The first kappa shape index (κ1) is 23.8. The van der Waals surface area contributed by atoms with Gasteiger partial charge in [0.15, 0.2) is 0 Å². The van der Waals surface area contributed by atoms with Crippen LogP contribution in [-0.4, -0.2) is 36.9 Å². The summed E-state index contributed by atoms with van der Waals surface area (Å²) in [7, 11) is -4.30. The molecule has 0 aliphatic rings. The van der Waals surface area contributed by atoms with E-state index in [1.165, 1.54) is 36.5 Å². The smallest absolute Gasteiger partial charge is 0.337 e. The van der Waals surface area contributed by atoms with Crippen molar-refractivity contribution in [3.05, 3.63) is 88.0 Å². The van der Waals surface area contributed by atoms with Crippen LogP contribution in [0.2, 0.25) is 0 Å². The van der Waals surface area contributed by atoms with Gasteiger partial charge in [0.25, 0.3) is 15.7 Å². The SMILES string of the molecule is CSc1ccc(/C=N\Nc2ccc(S(=O)(=O)Nc3ccccc3C(=O)O)cc2[N+](=O)[O-])cc1. The molecule has 0 atom stereocenters. The number of nitrogens with one attached hydrogen (secondary N) is 2. The monoisotopic (exact) mass is 486 g/mol. The largest absolute Gasteiger partial charge is 0.478 e. The predicted molar refractivity (Wildman–Crippen MR) is 127 cm³/mol. The number of carboxylic acid groups (broad SMARTS) is 1. The van der Waals surface area contributed by atoms with Crippen LogP contribution in [0.3, 0.4) is 0 Å². The van der Waals surface area contributed by atoms with Gasteiger partial charge >= 0.3 is 5.97 Å². The lowest BCUT2D eigenvalue weighted by Crippen LogP contribution is -2.16. The molecule has 0 fully saturated rings. The van der Waals surface area contributed by atoms with Crippen LogP contribution in [-0.2, 0) is 10.0 Å². The zero-order valence-electron chi connectivity index (χ0n) is 17.1. The first-order valence-electron chi connectivity index (χ1n) is 9.28. The van der Waals surface area contributed by atoms with Crippen molar-refractivity contribution in [1.29, 1.82) is 0 Å². The van der Waals surface area contributed by atoms with Gasteiger partial charge in [-0.25, -0.2) is 13.2 Å². The van der Waals surface area contributed by atoms with Gasteiger partial charge in [0.2, 0.25) is 0 Å². The average Bonchev–Trinajstić information content (AvgIpc) is 2.79. The minimum atomic E-state index is -4.30. The summed E-state index contributed by atoms with van der Waals surface area (Å²) in [4.78, 5) is 22.8. The van der Waals surface area contributed by atoms with Crippen molar-refractivity contribution in [3.63, 3.8) is 0 Å². The number of rotatable bonds is 9. The summed E-state index contributed by atoms with van der Waals surface area (Å²) in [6.07, 6.45) is 3.43. The normalized spacial score (nSPS) is 11.3. The zero-order valence-corrected chi connectivity index (χ0v) is 18.8. The fourth-order valence-corrected chi connectivity index (χ4v) is 4.26. The van der Waals surface area contributed by atoms with E-state index in [2.05, 4.69) is 15.2 Å². The Kier molecular flexibility index (Phi) is 7.30. The van der Waals surface area contributed by atoms with Gasteiger partial charge in [-0.3, -0.25) is 20.3 Å². The minimum Gasteiger partial charge on any atom is -0.478 e. The first-order valence-corrected chi connectivity index (χ1v) is 12.0. The standard InChI is InChI=1S/C21H18N4O6S2/c1-32-15-8-6-14(7-9-15)13-22-23-19-11-10-16(12-20(19)25(28)29)33(30,31)24-18-5-3-2-4-17(18)21(26)27/h2-13,23-24H,1H3,(H,26,27)/b22-13-. The number of carboxylic acids is 1. The van der Waals surface area contributed by atoms with E-state index in [1.54, 1.807) is 11.8 Å². The third-order valence-corrected chi connectivity index (χ3v) is 6.50. The molecule has 10 nitrogen and oxygen atoms in total. The van der Waals surface area contributed by atoms with E-state index in [0.29, 0.717) is 0 Å². The zero-order chi connectivity index (χ0) is 24.0. The lowest BCUT2D eigenvalue weighted by molar-refractivity contribution is -0.384. The molecule has 0 heterocycles.